The lowest BCUT2D eigenvalue weighted by molar-refractivity contribution is -0.115. The average Bonchev–Trinajstić information content (AvgIpc) is 3.25. The van der Waals surface area contributed by atoms with E-state index in [0.29, 0.717) is 5.16 Å². The number of aromatic nitrogens is 4. The molecule has 0 saturated carbocycles. The Labute approximate surface area is 192 Å². The van der Waals surface area contributed by atoms with Crippen LogP contribution in [-0.2, 0) is 4.79 Å². The van der Waals surface area contributed by atoms with Crippen molar-refractivity contribution in [2.24, 2.45) is 0 Å². The minimum absolute atomic E-state index is 0.120. The van der Waals surface area contributed by atoms with E-state index in [0.717, 1.165) is 39.2 Å². The maximum atomic E-state index is 13.5. The van der Waals surface area contributed by atoms with Crippen molar-refractivity contribution < 1.29 is 4.79 Å². The first-order valence-electron chi connectivity index (χ1n) is 10.4. The van der Waals surface area contributed by atoms with Crippen LogP contribution >= 0.6 is 11.8 Å². The van der Waals surface area contributed by atoms with E-state index in [1.807, 2.05) is 81.4 Å². The molecule has 1 heterocycles. The highest BCUT2D eigenvalue weighted by molar-refractivity contribution is 8.00. The zero-order chi connectivity index (χ0) is 22.7. The van der Waals surface area contributed by atoms with Gasteiger partial charge in [-0.25, -0.2) is 0 Å². The fraction of sp³-hybridized carbons (Fsp3) is 0.200. The summed E-state index contributed by atoms with van der Waals surface area (Å²) in [5, 5.41) is 15.5. The summed E-state index contributed by atoms with van der Waals surface area (Å²) in [5.41, 5.74) is 6.95. The van der Waals surface area contributed by atoms with Gasteiger partial charge in [-0.1, -0.05) is 66.4 Å². The van der Waals surface area contributed by atoms with Gasteiger partial charge < -0.3 is 5.32 Å². The lowest BCUT2D eigenvalue weighted by atomic mass is 10.1. The van der Waals surface area contributed by atoms with Gasteiger partial charge in [-0.15, -0.1) is 5.10 Å². The van der Waals surface area contributed by atoms with Gasteiger partial charge in [0.05, 0.1) is 5.69 Å². The van der Waals surface area contributed by atoms with E-state index in [1.54, 1.807) is 4.68 Å². The Morgan fingerprint density at radius 2 is 1.72 bits per heavy atom. The van der Waals surface area contributed by atoms with Gasteiger partial charge in [0.1, 0.15) is 5.25 Å². The van der Waals surface area contributed by atoms with Crippen molar-refractivity contribution in [3.8, 4) is 5.69 Å². The molecular weight excluding hydrogens is 418 g/mol. The molecule has 0 aliphatic rings. The number of aryl methyl sites for hydroxylation is 3. The van der Waals surface area contributed by atoms with Crippen molar-refractivity contribution >= 4 is 23.4 Å². The van der Waals surface area contributed by atoms with Crippen LogP contribution in [0, 0.1) is 27.7 Å². The maximum absolute atomic E-state index is 13.5. The number of hydrogen-bond acceptors (Lipinski definition) is 5. The van der Waals surface area contributed by atoms with Gasteiger partial charge in [-0.2, -0.15) is 4.68 Å². The molecule has 0 aliphatic heterocycles. The second kappa shape index (κ2) is 9.36. The summed E-state index contributed by atoms with van der Waals surface area (Å²) >= 11 is 1.34. The SMILES string of the molecule is Cc1ccc(C)c(NC(=O)C(Sc2nnnn2-c2cccc(C)c2C)c2ccccc2)c1. The number of anilines is 1. The van der Waals surface area contributed by atoms with Crippen molar-refractivity contribution in [3.63, 3.8) is 0 Å². The van der Waals surface area contributed by atoms with Crippen molar-refractivity contribution in [1.82, 2.24) is 20.2 Å². The molecular formula is C25H25N5OS. The number of rotatable bonds is 6. The molecule has 1 aromatic heterocycles. The highest BCUT2D eigenvalue weighted by Gasteiger charge is 2.26. The standard InChI is InChI=1S/C25H25N5OS/c1-16-13-14-18(3)21(15-16)26-24(31)23(20-10-6-5-7-11-20)32-25-27-28-29-30(25)22-12-8-9-17(2)19(22)4/h5-15,23H,1-4H3,(H,26,31). The fourth-order valence-electron chi connectivity index (χ4n) is 3.44. The smallest absolute Gasteiger partial charge is 0.242 e. The minimum atomic E-state index is -0.522. The van der Waals surface area contributed by atoms with E-state index >= 15 is 0 Å². The monoisotopic (exact) mass is 443 g/mol. The van der Waals surface area contributed by atoms with Gasteiger partial charge in [-0.05, 0) is 78.1 Å². The van der Waals surface area contributed by atoms with Gasteiger partial charge in [0.15, 0.2) is 0 Å². The summed E-state index contributed by atoms with van der Waals surface area (Å²) < 4.78 is 1.70. The van der Waals surface area contributed by atoms with E-state index in [1.165, 1.54) is 11.8 Å². The molecule has 0 aliphatic carbocycles. The molecule has 1 unspecified atom stereocenters. The number of tetrazole rings is 1. The molecule has 0 saturated heterocycles. The Morgan fingerprint density at radius 3 is 2.50 bits per heavy atom. The number of carbonyl (C=O) groups is 1. The molecule has 7 heteroatoms. The van der Waals surface area contributed by atoms with Gasteiger partial charge in [-0.3, -0.25) is 4.79 Å². The maximum Gasteiger partial charge on any atom is 0.242 e. The molecule has 0 spiro atoms. The summed E-state index contributed by atoms with van der Waals surface area (Å²) in [4.78, 5) is 13.5. The number of amides is 1. The average molecular weight is 444 g/mol. The number of nitrogens with zero attached hydrogens (tertiary/aromatic N) is 4. The second-order valence-corrected chi connectivity index (χ2v) is 8.88. The first kappa shape index (κ1) is 21.8. The first-order chi connectivity index (χ1) is 15.4. The Hall–Kier alpha value is -3.45. The van der Waals surface area contributed by atoms with Crippen LogP contribution in [0.3, 0.4) is 0 Å². The van der Waals surface area contributed by atoms with Crippen molar-refractivity contribution in [2.45, 2.75) is 38.1 Å². The van der Waals surface area contributed by atoms with Gasteiger partial charge in [0, 0.05) is 5.69 Å². The minimum Gasteiger partial charge on any atom is -0.325 e. The van der Waals surface area contributed by atoms with Gasteiger partial charge in [0.2, 0.25) is 11.1 Å². The molecule has 1 N–H and O–H groups in total. The van der Waals surface area contributed by atoms with Crippen LogP contribution in [0.1, 0.15) is 33.1 Å². The van der Waals surface area contributed by atoms with Gasteiger partial charge >= 0.3 is 0 Å². The number of carbonyl (C=O) groups excluding carboxylic acids is 1. The van der Waals surface area contributed by atoms with Crippen molar-refractivity contribution in [3.05, 3.63) is 94.5 Å². The van der Waals surface area contributed by atoms with Crippen LogP contribution in [0.2, 0.25) is 0 Å². The largest absolute Gasteiger partial charge is 0.325 e. The quantitative estimate of drug-likeness (QED) is 0.406. The molecule has 4 rings (SSSR count). The van der Waals surface area contributed by atoms with Crippen LogP contribution < -0.4 is 5.32 Å². The molecule has 3 aromatic carbocycles. The summed E-state index contributed by atoms with van der Waals surface area (Å²) in [6.07, 6.45) is 0. The molecule has 1 amide bonds. The number of nitrogens with one attached hydrogen (secondary N) is 1. The molecule has 1 atom stereocenters. The van der Waals surface area contributed by atoms with E-state index in [2.05, 4.69) is 33.8 Å². The van der Waals surface area contributed by atoms with Crippen LogP contribution in [-0.4, -0.2) is 26.1 Å². The summed E-state index contributed by atoms with van der Waals surface area (Å²) in [6.45, 7) is 8.10. The van der Waals surface area contributed by atoms with Crippen LogP contribution in [0.4, 0.5) is 5.69 Å². The summed E-state index contributed by atoms with van der Waals surface area (Å²) in [6, 6.07) is 21.8. The van der Waals surface area contributed by atoms with E-state index < -0.39 is 5.25 Å². The predicted molar refractivity (Wildman–Crippen MR) is 128 cm³/mol. The normalized spacial score (nSPS) is 11.9. The Bertz CT molecular complexity index is 1250. The van der Waals surface area contributed by atoms with E-state index in [9.17, 15) is 4.79 Å². The molecule has 4 aromatic rings. The van der Waals surface area contributed by atoms with Crippen LogP contribution in [0.25, 0.3) is 5.69 Å². The summed E-state index contributed by atoms with van der Waals surface area (Å²) in [5.74, 6) is -0.120. The third-order valence-electron chi connectivity index (χ3n) is 5.46. The van der Waals surface area contributed by atoms with E-state index in [4.69, 9.17) is 0 Å². The predicted octanol–water partition coefficient (Wildman–Crippen LogP) is 5.37. The number of benzene rings is 3. The molecule has 6 nitrogen and oxygen atoms in total. The van der Waals surface area contributed by atoms with Crippen molar-refractivity contribution in [2.75, 3.05) is 5.32 Å². The Balaban J connectivity index is 1.69. The third kappa shape index (κ3) is 4.57. The van der Waals surface area contributed by atoms with Crippen molar-refractivity contribution in [1.29, 1.82) is 0 Å². The zero-order valence-corrected chi connectivity index (χ0v) is 19.4. The topological polar surface area (TPSA) is 72.7 Å². The zero-order valence-electron chi connectivity index (χ0n) is 18.5. The Kier molecular flexibility index (Phi) is 6.37. The number of thioether (sulfide) groups is 1. The second-order valence-electron chi connectivity index (χ2n) is 7.81. The highest BCUT2D eigenvalue weighted by Crippen LogP contribution is 2.36. The lowest BCUT2D eigenvalue weighted by Crippen LogP contribution is -2.20. The van der Waals surface area contributed by atoms with Crippen LogP contribution in [0.15, 0.2) is 71.9 Å². The lowest BCUT2D eigenvalue weighted by Gasteiger charge is -2.18. The van der Waals surface area contributed by atoms with E-state index in [-0.39, 0.29) is 5.91 Å². The van der Waals surface area contributed by atoms with Crippen LogP contribution in [0.5, 0.6) is 0 Å². The first-order valence-corrected chi connectivity index (χ1v) is 11.3. The molecule has 162 valence electrons. The third-order valence-corrected chi connectivity index (χ3v) is 6.65. The number of hydrogen-bond donors (Lipinski definition) is 1. The Morgan fingerprint density at radius 1 is 0.938 bits per heavy atom. The highest BCUT2D eigenvalue weighted by atomic mass is 32.2. The molecule has 32 heavy (non-hydrogen) atoms. The molecule has 0 bridgehead atoms. The molecule has 0 fully saturated rings. The van der Waals surface area contributed by atoms with Gasteiger partial charge in [0.25, 0.3) is 0 Å². The molecule has 0 radical (unpaired) electrons. The fourth-order valence-corrected chi connectivity index (χ4v) is 4.43. The summed E-state index contributed by atoms with van der Waals surface area (Å²) in [7, 11) is 0.